The Morgan fingerprint density at radius 3 is 2.50 bits per heavy atom. The zero-order chi connectivity index (χ0) is 26.1. The maximum atomic E-state index is 13.2. The van der Waals surface area contributed by atoms with Gasteiger partial charge in [0, 0.05) is 42.9 Å². The van der Waals surface area contributed by atoms with Gasteiger partial charge in [0.1, 0.15) is 5.75 Å². The number of aryl methyl sites for hydroxylation is 1. The smallest absolute Gasteiger partial charge is 0.322 e. The highest BCUT2D eigenvalue weighted by atomic mass is 16.5. The summed E-state index contributed by atoms with van der Waals surface area (Å²) in [4.78, 5) is 20.3. The summed E-state index contributed by atoms with van der Waals surface area (Å²) in [5, 5.41) is 3.03. The molecule has 1 N–H and O–H groups in total. The summed E-state index contributed by atoms with van der Waals surface area (Å²) >= 11 is 0. The summed E-state index contributed by atoms with van der Waals surface area (Å²) < 4.78 is 11.7. The third-order valence-electron chi connectivity index (χ3n) is 7.60. The summed E-state index contributed by atoms with van der Waals surface area (Å²) in [6.45, 7) is 3.77. The zero-order valence-corrected chi connectivity index (χ0v) is 21.7. The van der Waals surface area contributed by atoms with Gasteiger partial charge in [-0.3, -0.25) is 4.98 Å². The summed E-state index contributed by atoms with van der Waals surface area (Å²) in [6.07, 6.45) is 1.44. The van der Waals surface area contributed by atoms with Crippen molar-refractivity contribution >= 4 is 11.7 Å². The minimum absolute atomic E-state index is 0.0237. The third kappa shape index (κ3) is 4.63. The van der Waals surface area contributed by atoms with Gasteiger partial charge < -0.3 is 19.7 Å². The quantitative estimate of drug-likeness (QED) is 0.345. The molecule has 3 aromatic carbocycles. The maximum absolute atomic E-state index is 13.2. The number of carbonyl (C=O) groups excluding carboxylic acids is 1. The van der Waals surface area contributed by atoms with Gasteiger partial charge >= 0.3 is 6.03 Å². The number of rotatable bonds is 4. The van der Waals surface area contributed by atoms with Crippen LogP contribution in [0.3, 0.4) is 0 Å². The van der Waals surface area contributed by atoms with Crippen LogP contribution in [0, 0.1) is 6.92 Å². The first-order valence-electron chi connectivity index (χ1n) is 13.1. The van der Waals surface area contributed by atoms with E-state index in [-0.39, 0.29) is 12.1 Å². The number of methoxy groups -OCH3 is 1. The molecular weight excluding hydrogens is 474 g/mol. The Bertz CT molecular complexity index is 1470. The highest BCUT2D eigenvalue weighted by molar-refractivity contribution is 5.89. The molecule has 3 heterocycles. The van der Waals surface area contributed by atoms with Crippen LogP contribution >= 0.6 is 0 Å². The van der Waals surface area contributed by atoms with Crippen LogP contribution in [0.25, 0.3) is 11.3 Å². The fraction of sp³-hybridized carbons (Fsp3) is 0.250. The normalized spacial score (nSPS) is 16.4. The zero-order valence-electron chi connectivity index (χ0n) is 21.7. The number of hydrogen-bond donors (Lipinski definition) is 1. The first-order valence-corrected chi connectivity index (χ1v) is 13.1. The molecule has 38 heavy (non-hydrogen) atoms. The molecule has 0 unspecified atom stereocenters. The molecule has 1 aromatic heterocycles. The first kappa shape index (κ1) is 24.2. The molecule has 0 fully saturated rings. The van der Waals surface area contributed by atoms with Gasteiger partial charge in [0.15, 0.2) is 0 Å². The number of anilines is 1. The van der Waals surface area contributed by atoms with Crippen molar-refractivity contribution in [2.24, 2.45) is 0 Å². The van der Waals surface area contributed by atoms with E-state index in [0.717, 1.165) is 34.8 Å². The molecule has 0 saturated carbocycles. The van der Waals surface area contributed by atoms with E-state index < -0.39 is 0 Å². The van der Waals surface area contributed by atoms with Crippen molar-refractivity contribution in [3.8, 4) is 17.0 Å². The molecular formula is C32H31N3O3. The van der Waals surface area contributed by atoms with Crippen molar-refractivity contribution in [3.05, 3.63) is 112 Å². The molecule has 4 aromatic rings. The largest absolute Gasteiger partial charge is 0.497 e. The van der Waals surface area contributed by atoms with Crippen LogP contribution in [0.2, 0.25) is 0 Å². The molecule has 6 nitrogen and oxygen atoms in total. The molecule has 2 aliphatic rings. The summed E-state index contributed by atoms with van der Waals surface area (Å²) in [6, 6.07) is 26.1. The number of nitrogens with zero attached hydrogens (tertiary/aromatic N) is 2. The Hall–Kier alpha value is -4.16. The van der Waals surface area contributed by atoms with Gasteiger partial charge in [-0.1, -0.05) is 54.6 Å². The standard InChI is InChI=1S/C32H31N3O3/c1-21-8-6-7-11-25(21)31-26-18-30(22-9-4-3-5-10-22)38-20-28(26)27-19-35(17-16-29(27)34-31)32(36)33-23-12-14-24(37-2)15-13-23/h3-15,30H,16-20H2,1-2H3,(H,33,36)/t30-/m1/s1. The van der Waals surface area contributed by atoms with Gasteiger partial charge in [-0.2, -0.15) is 0 Å². The van der Waals surface area contributed by atoms with E-state index in [1.165, 1.54) is 27.8 Å². The Labute approximate surface area is 223 Å². The van der Waals surface area contributed by atoms with Crippen LogP contribution < -0.4 is 10.1 Å². The molecule has 0 radical (unpaired) electrons. The van der Waals surface area contributed by atoms with E-state index in [1.54, 1.807) is 7.11 Å². The van der Waals surface area contributed by atoms with Crippen LogP contribution in [0.5, 0.6) is 5.75 Å². The number of amides is 2. The van der Waals surface area contributed by atoms with Crippen LogP contribution in [0.15, 0.2) is 78.9 Å². The van der Waals surface area contributed by atoms with Crippen LogP contribution in [-0.4, -0.2) is 29.6 Å². The number of nitrogens with one attached hydrogen (secondary N) is 1. The third-order valence-corrected chi connectivity index (χ3v) is 7.60. The Morgan fingerprint density at radius 1 is 0.974 bits per heavy atom. The molecule has 0 saturated heterocycles. The van der Waals surface area contributed by atoms with E-state index >= 15 is 0 Å². The number of pyridine rings is 1. The lowest BCUT2D eigenvalue weighted by atomic mass is 9.86. The van der Waals surface area contributed by atoms with Gasteiger partial charge in [-0.05, 0) is 59.0 Å². The number of aromatic nitrogens is 1. The SMILES string of the molecule is COc1ccc(NC(=O)N2CCc3nc(-c4ccccc4C)c4c(c3C2)CO[C@@H](c2ccccc2)C4)cc1. The Morgan fingerprint density at radius 2 is 1.74 bits per heavy atom. The highest BCUT2D eigenvalue weighted by Gasteiger charge is 2.32. The second-order valence-corrected chi connectivity index (χ2v) is 9.90. The van der Waals surface area contributed by atoms with Crippen molar-refractivity contribution in [1.29, 1.82) is 0 Å². The predicted octanol–water partition coefficient (Wildman–Crippen LogP) is 6.47. The number of ether oxygens (including phenoxy) is 2. The van der Waals surface area contributed by atoms with E-state index in [9.17, 15) is 4.79 Å². The molecule has 192 valence electrons. The topological polar surface area (TPSA) is 63.7 Å². The van der Waals surface area contributed by atoms with Gasteiger partial charge in [0.05, 0.1) is 25.5 Å². The second kappa shape index (κ2) is 10.3. The average molecular weight is 506 g/mol. The maximum Gasteiger partial charge on any atom is 0.322 e. The van der Waals surface area contributed by atoms with Crippen LogP contribution in [0.4, 0.5) is 10.5 Å². The Kier molecular flexibility index (Phi) is 6.56. The molecule has 0 spiro atoms. The molecule has 0 aliphatic carbocycles. The molecule has 2 aliphatic heterocycles. The van der Waals surface area contributed by atoms with E-state index in [4.69, 9.17) is 14.5 Å². The number of urea groups is 1. The lowest BCUT2D eigenvalue weighted by Crippen LogP contribution is -2.40. The lowest BCUT2D eigenvalue weighted by molar-refractivity contribution is 0.0264. The van der Waals surface area contributed by atoms with Gasteiger partial charge in [-0.15, -0.1) is 0 Å². The van der Waals surface area contributed by atoms with Crippen molar-refractivity contribution in [2.75, 3.05) is 19.0 Å². The number of fused-ring (bicyclic) bond motifs is 3. The second-order valence-electron chi connectivity index (χ2n) is 9.90. The van der Waals surface area contributed by atoms with Crippen molar-refractivity contribution in [3.63, 3.8) is 0 Å². The number of carbonyl (C=O) groups is 1. The lowest BCUT2D eigenvalue weighted by Gasteiger charge is -2.35. The van der Waals surface area contributed by atoms with Crippen molar-refractivity contribution < 1.29 is 14.3 Å². The average Bonchev–Trinajstić information content (AvgIpc) is 2.97. The fourth-order valence-electron chi connectivity index (χ4n) is 5.49. The highest BCUT2D eigenvalue weighted by Crippen LogP contribution is 2.40. The monoisotopic (exact) mass is 505 g/mol. The van der Waals surface area contributed by atoms with E-state index in [0.29, 0.717) is 26.1 Å². The Balaban J connectivity index is 1.34. The molecule has 6 rings (SSSR count). The van der Waals surface area contributed by atoms with Gasteiger partial charge in [0.2, 0.25) is 0 Å². The number of benzene rings is 3. The fourth-order valence-corrected chi connectivity index (χ4v) is 5.49. The predicted molar refractivity (Wildman–Crippen MR) is 148 cm³/mol. The summed E-state index contributed by atoms with van der Waals surface area (Å²) in [5.74, 6) is 0.755. The van der Waals surface area contributed by atoms with E-state index in [1.807, 2.05) is 35.2 Å². The molecule has 2 amide bonds. The summed E-state index contributed by atoms with van der Waals surface area (Å²) in [7, 11) is 1.63. The van der Waals surface area contributed by atoms with Crippen LogP contribution in [-0.2, 0) is 30.7 Å². The van der Waals surface area contributed by atoms with Gasteiger partial charge in [-0.25, -0.2) is 4.79 Å². The minimum Gasteiger partial charge on any atom is -0.497 e. The minimum atomic E-state index is -0.114. The molecule has 6 heteroatoms. The number of hydrogen-bond acceptors (Lipinski definition) is 4. The van der Waals surface area contributed by atoms with Gasteiger partial charge in [0.25, 0.3) is 0 Å². The summed E-state index contributed by atoms with van der Waals surface area (Å²) in [5.41, 5.74) is 9.95. The first-order chi connectivity index (χ1) is 18.6. The van der Waals surface area contributed by atoms with E-state index in [2.05, 4.69) is 60.8 Å². The van der Waals surface area contributed by atoms with Crippen molar-refractivity contribution in [2.45, 2.75) is 39.0 Å². The van der Waals surface area contributed by atoms with Crippen LogP contribution in [0.1, 0.15) is 39.6 Å². The molecule has 1 atom stereocenters. The van der Waals surface area contributed by atoms with Crippen molar-refractivity contribution in [1.82, 2.24) is 9.88 Å². The molecule has 0 bridgehead atoms.